The van der Waals surface area contributed by atoms with Gasteiger partial charge in [0.2, 0.25) is 5.91 Å². The molecule has 0 aromatic heterocycles. The number of carbonyl (C=O) groups is 5. The Balaban J connectivity index is 1.42. The third-order valence-electron chi connectivity index (χ3n) is 12.0. The zero-order chi connectivity index (χ0) is 43.9. The molecule has 3 aliphatic rings. The maximum atomic E-state index is 16.0. The van der Waals surface area contributed by atoms with E-state index in [0.717, 1.165) is 4.90 Å². The van der Waals surface area contributed by atoms with Gasteiger partial charge in [0.25, 0.3) is 0 Å². The fraction of sp³-hybridized carbons (Fsp3) is 0.245. The molecule has 62 heavy (non-hydrogen) atoms. The fourth-order valence-corrected chi connectivity index (χ4v) is 9.26. The Morgan fingerprint density at radius 2 is 1.39 bits per heavy atom. The van der Waals surface area contributed by atoms with E-state index in [2.05, 4.69) is 17.2 Å². The van der Waals surface area contributed by atoms with E-state index in [1.54, 1.807) is 86.5 Å². The van der Waals surface area contributed by atoms with E-state index < -0.39 is 77.4 Å². The van der Waals surface area contributed by atoms with Gasteiger partial charge in [0.1, 0.15) is 41.0 Å². The van der Waals surface area contributed by atoms with Gasteiger partial charge >= 0.3 is 23.9 Å². The van der Waals surface area contributed by atoms with Gasteiger partial charge in [0, 0.05) is 11.1 Å². The lowest BCUT2D eigenvalue weighted by Gasteiger charge is -2.46. The van der Waals surface area contributed by atoms with Crippen molar-refractivity contribution in [3.63, 3.8) is 0 Å². The topological polar surface area (TPSA) is 172 Å². The summed E-state index contributed by atoms with van der Waals surface area (Å²) in [5, 5.41) is 24.8. The molecule has 3 N–H and O–H groups in total. The number of imide groups is 1. The number of carboxylic acid groups (broad SMARTS) is 1. The van der Waals surface area contributed by atoms with Crippen LogP contribution in [-0.2, 0) is 34.1 Å². The molecule has 3 aliphatic heterocycles. The number of anilines is 1. The lowest BCUT2D eigenvalue weighted by atomic mass is 9.65. The zero-order valence-electron chi connectivity index (χ0n) is 34.2. The highest BCUT2D eigenvalue weighted by Gasteiger charge is 2.76. The second-order valence-corrected chi connectivity index (χ2v) is 15.7. The smallest absolute Gasteiger partial charge is 0.329 e. The Morgan fingerprint density at radius 1 is 0.774 bits per heavy atom. The van der Waals surface area contributed by atoms with Gasteiger partial charge in [-0.3, -0.25) is 19.3 Å². The van der Waals surface area contributed by atoms with Crippen molar-refractivity contribution in [2.75, 3.05) is 19.1 Å². The minimum absolute atomic E-state index is 0.0361. The number of methoxy groups -OCH3 is 2. The van der Waals surface area contributed by atoms with Crippen molar-refractivity contribution in [3.05, 3.63) is 161 Å². The first-order chi connectivity index (χ1) is 29.9. The number of hydrogen-bond acceptors (Lipinski definition) is 10. The van der Waals surface area contributed by atoms with Gasteiger partial charge in [-0.25, -0.2) is 14.5 Å². The van der Waals surface area contributed by atoms with E-state index in [9.17, 15) is 29.4 Å². The molecule has 3 amide bonds. The molecule has 1 spiro atoms. The molecule has 8 rings (SSSR count). The Labute approximate surface area is 357 Å². The van der Waals surface area contributed by atoms with Crippen LogP contribution < -0.4 is 15.0 Å². The standard InChI is InChI=1S/C49H43N3O10/c1-28(2)39(45(56)61-4)50-48(59)51-37-26-19-30(16-15-29-17-24-35(60-3)25-18-29)27-36(37)49(47(51)58)38(44(54)55)41-46(57)62-42(32-13-9-6-10-14-32)40(31-11-7-5-8-12-31)52(41)43(49)33-20-22-34(53)23-21-33/h5-14,17-28,38-43,53H,1-4H3,(H,50,59)(H,54,55)/t38-,39-,40-,41-,42+,43+,49-/m0/s1. The molecule has 5 aromatic carbocycles. The molecule has 13 nitrogen and oxygen atoms in total. The molecule has 0 radical (unpaired) electrons. The molecule has 0 bridgehead atoms. The van der Waals surface area contributed by atoms with Crippen LogP contribution in [0.15, 0.2) is 127 Å². The highest BCUT2D eigenvalue weighted by molar-refractivity contribution is 6.24. The minimum Gasteiger partial charge on any atom is -0.508 e. The molecule has 2 saturated heterocycles. The predicted molar refractivity (Wildman–Crippen MR) is 226 cm³/mol. The normalized spacial score (nSPS) is 23.1. The molecule has 13 heteroatoms. The molecular formula is C49H43N3O10. The van der Waals surface area contributed by atoms with Gasteiger partial charge < -0.3 is 29.7 Å². The Kier molecular flexibility index (Phi) is 11.0. The van der Waals surface area contributed by atoms with E-state index in [4.69, 9.17) is 14.2 Å². The van der Waals surface area contributed by atoms with E-state index in [-0.39, 0.29) is 17.0 Å². The van der Waals surface area contributed by atoms with E-state index in [0.29, 0.717) is 33.6 Å². The summed E-state index contributed by atoms with van der Waals surface area (Å²) in [4.78, 5) is 75.2. The fourth-order valence-electron chi connectivity index (χ4n) is 9.26. The van der Waals surface area contributed by atoms with Crippen molar-refractivity contribution in [1.29, 1.82) is 0 Å². The van der Waals surface area contributed by atoms with Crippen molar-refractivity contribution in [2.24, 2.45) is 11.8 Å². The SMILES string of the molecule is COC(=O)[C@@H](NC(=O)N1C(=O)[C@@]2(c3cc(C#Cc4ccc(OC)cc4)ccc31)[C@H](C(=O)O)[C@H]1C(=O)O[C@H](c3ccccc3)[C@H](c3ccccc3)N1[C@@H]2c1ccc(O)cc1)C(C)C. The number of amides is 3. The van der Waals surface area contributed by atoms with Crippen LogP contribution in [0.1, 0.15) is 65.4 Å². The molecule has 314 valence electrons. The highest BCUT2D eigenvalue weighted by Crippen LogP contribution is 2.66. The number of aromatic hydroxyl groups is 1. The second-order valence-electron chi connectivity index (χ2n) is 15.7. The van der Waals surface area contributed by atoms with Crippen LogP contribution >= 0.6 is 0 Å². The van der Waals surface area contributed by atoms with Crippen LogP contribution in [0.25, 0.3) is 0 Å². The number of aliphatic carboxylic acids is 1. The van der Waals surface area contributed by atoms with E-state index in [1.165, 1.54) is 25.3 Å². The number of carboxylic acids is 1. The first kappa shape index (κ1) is 41.3. The Bertz CT molecular complexity index is 2610. The van der Waals surface area contributed by atoms with Crippen molar-refractivity contribution < 1.29 is 48.4 Å². The maximum Gasteiger partial charge on any atom is 0.329 e. The highest BCUT2D eigenvalue weighted by atomic mass is 16.6. The number of phenols is 1. The first-order valence-electron chi connectivity index (χ1n) is 20.0. The lowest BCUT2D eigenvalue weighted by Crippen LogP contribution is -2.56. The average Bonchev–Trinajstić information content (AvgIpc) is 3.74. The number of rotatable bonds is 8. The number of morpholine rings is 1. The number of nitrogens with one attached hydrogen (secondary N) is 1. The number of hydrogen-bond donors (Lipinski definition) is 3. The number of carbonyl (C=O) groups excluding carboxylic acids is 4. The molecule has 3 heterocycles. The quantitative estimate of drug-likeness (QED) is 0.116. The van der Waals surface area contributed by atoms with Crippen molar-refractivity contribution in [3.8, 4) is 23.3 Å². The second kappa shape index (κ2) is 16.6. The number of cyclic esters (lactones) is 1. The average molecular weight is 834 g/mol. The van der Waals surface area contributed by atoms with E-state index in [1.807, 2.05) is 48.5 Å². The van der Waals surface area contributed by atoms with Crippen LogP contribution in [0.2, 0.25) is 0 Å². The molecule has 0 aliphatic carbocycles. The summed E-state index contributed by atoms with van der Waals surface area (Å²) in [6.45, 7) is 3.40. The Morgan fingerprint density at radius 3 is 1.98 bits per heavy atom. The number of esters is 2. The van der Waals surface area contributed by atoms with Crippen LogP contribution in [0, 0.1) is 23.7 Å². The molecule has 0 unspecified atom stereocenters. The minimum atomic E-state index is -2.23. The van der Waals surface area contributed by atoms with Crippen molar-refractivity contribution in [1.82, 2.24) is 10.2 Å². The van der Waals surface area contributed by atoms with Gasteiger partial charge in [0.05, 0.1) is 32.0 Å². The zero-order valence-corrected chi connectivity index (χ0v) is 34.2. The molecule has 0 saturated carbocycles. The van der Waals surface area contributed by atoms with Gasteiger partial charge in [-0.15, -0.1) is 0 Å². The third-order valence-corrected chi connectivity index (χ3v) is 12.0. The predicted octanol–water partition coefficient (Wildman–Crippen LogP) is 6.46. The number of benzene rings is 5. The van der Waals surface area contributed by atoms with Gasteiger partial charge in [0.15, 0.2) is 0 Å². The van der Waals surface area contributed by atoms with Crippen LogP contribution in [0.3, 0.4) is 0 Å². The number of fused-ring (bicyclic) bond motifs is 3. The molecule has 5 aromatic rings. The summed E-state index contributed by atoms with van der Waals surface area (Å²) in [7, 11) is 2.74. The van der Waals surface area contributed by atoms with Crippen molar-refractivity contribution in [2.45, 2.75) is 49.5 Å². The number of ether oxygens (including phenoxy) is 3. The number of nitrogens with zero attached hydrogens (tertiary/aromatic N) is 2. The molecule has 2 fully saturated rings. The monoisotopic (exact) mass is 833 g/mol. The van der Waals surface area contributed by atoms with Gasteiger partial charge in [-0.1, -0.05) is 98.5 Å². The summed E-state index contributed by atoms with van der Waals surface area (Å²) >= 11 is 0. The summed E-state index contributed by atoms with van der Waals surface area (Å²) < 4.78 is 16.6. The molecular weight excluding hydrogens is 791 g/mol. The number of urea groups is 1. The lowest BCUT2D eigenvalue weighted by molar-refractivity contribution is -0.179. The van der Waals surface area contributed by atoms with Crippen LogP contribution in [0.4, 0.5) is 10.5 Å². The third kappa shape index (κ3) is 6.88. The molecule has 7 atom stereocenters. The number of phenolic OH excluding ortho intramolecular Hbond substituents is 1. The van der Waals surface area contributed by atoms with Gasteiger partial charge in [-0.2, -0.15) is 0 Å². The summed E-state index contributed by atoms with van der Waals surface area (Å²) in [6, 6.07) is 30.1. The summed E-state index contributed by atoms with van der Waals surface area (Å²) in [5.74, 6) is 0.402. The van der Waals surface area contributed by atoms with Crippen LogP contribution in [0.5, 0.6) is 11.5 Å². The summed E-state index contributed by atoms with van der Waals surface area (Å²) in [5.41, 5.74) is 0.627. The van der Waals surface area contributed by atoms with E-state index >= 15 is 4.79 Å². The van der Waals surface area contributed by atoms with Crippen molar-refractivity contribution >= 4 is 35.5 Å². The first-order valence-corrected chi connectivity index (χ1v) is 20.0. The maximum absolute atomic E-state index is 16.0. The van der Waals surface area contributed by atoms with Crippen LogP contribution in [-0.4, -0.2) is 71.3 Å². The summed E-state index contributed by atoms with van der Waals surface area (Å²) in [6.07, 6.45) is -0.976. The Hall–Kier alpha value is -7.43. The largest absolute Gasteiger partial charge is 0.508 e. The van der Waals surface area contributed by atoms with Gasteiger partial charge in [-0.05, 0) is 82.8 Å².